The highest BCUT2D eigenvalue weighted by molar-refractivity contribution is 7.99. The Labute approximate surface area is 208 Å². The van der Waals surface area contributed by atoms with Crippen LogP contribution in [0, 0.1) is 10.1 Å². The Morgan fingerprint density at radius 2 is 1.97 bits per heavy atom. The third-order valence-electron chi connectivity index (χ3n) is 5.90. The van der Waals surface area contributed by atoms with Gasteiger partial charge >= 0.3 is 5.63 Å². The first kappa shape index (κ1) is 23.6. The number of nitro groups is 1. The fourth-order valence-electron chi connectivity index (χ4n) is 4.11. The van der Waals surface area contributed by atoms with Crippen LogP contribution in [-0.4, -0.2) is 36.2 Å². The molecule has 0 aliphatic heterocycles. The van der Waals surface area contributed by atoms with Gasteiger partial charge in [-0.3, -0.25) is 14.9 Å². The van der Waals surface area contributed by atoms with Gasteiger partial charge in [-0.2, -0.15) is 0 Å². The molecule has 0 fully saturated rings. The molecule has 5 aromatic rings. The number of aryl methyl sites for hydroxylation is 1. The van der Waals surface area contributed by atoms with E-state index in [4.69, 9.17) is 4.42 Å². The summed E-state index contributed by atoms with van der Waals surface area (Å²) in [4.78, 5) is 40.6. The van der Waals surface area contributed by atoms with Crippen LogP contribution < -0.4 is 5.63 Å². The number of nitrogens with zero attached hydrogens (tertiary/aromatic N) is 5. The molecule has 0 atom stereocenters. The zero-order valence-corrected chi connectivity index (χ0v) is 20.2. The quantitative estimate of drug-likeness (QED) is 0.0667. The van der Waals surface area contributed by atoms with Gasteiger partial charge in [0.15, 0.2) is 11.4 Å². The van der Waals surface area contributed by atoms with Gasteiger partial charge in [0.05, 0.1) is 16.2 Å². The lowest BCUT2D eigenvalue weighted by atomic mass is 10.1. The van der Waals surface area contributed by atoms with Crippen molar-refractivity contribution in [2.24, 2.45) is 0 Å². The van der Waals surface area contributed by atoms with E-state index in [2.05, 4.69) is 22.1 Å². The number of fused-ring (bicyclic) bond motifs is 4. The van der Waals surface area contributed by atoms with E-state index in [1.165, 1.54) is 18.2 Å². The summed E-state index contributed by atoms with van der Waals surface area (Å²) in [6.07, 6.45) is 2.98. The maximum Gasteiger partial charge on any atom is 0.347 e. The van der Waals surface area contributed by atoms with E-state index in [0.29, 0.717) is 34.1 Å². The summed E-state index contributed by atoms with van der Waals surface area (Å²) >= 11 is 1.07. The summed E-state index contributed by atoms with van der Waals surface area (Å²) in [7, 11) is 0. The molecule has 11 heteroatoms. The van der Waals surface area contributed by atoms with Gasteiger partial charge in [-0.25, -0.2) is 9.78 Å². The van der Waals surface area contributed by atoms with Crippen LogP contribution in [0.5, 0.6) is 0 Å². The molecular weight excluding hydrogens is 482 g/mol. The Hall–Kier alpha value is -4.12. The Bertz CT molecular complexity index is 1690. The van der Waals surface area contributed by atoms with E-state index in [9.17, 15) is 19.7 Å². The van der Waals surface area contributed by atoms with Gasteiger partial charge in [-0.1, -0.05) is 49.7 Å². The van der Waals surface area contributed by atoms with Crippen LogP contribution in [0.1, 0.15) is 36.5 Å². The standard InChI is InChI=1S/C25H21N5O5S/c1-2-3-6-11-29-19-10-9-16(30(33)34)13-17(19)22-23(29)26-25(28-27-22)36-14-20(31)18-12-15-7-4-5-8-21(15)35-24(18)32/h4-5,7-10,12-13H,2-3,6,11,14H2,1H3. The fraction of sp³-hybridized carbons (Fsp3) is 0.240. The predicted octanol–water partition coefficient (Wildman–Crippen LogP) is 5.16. The number of hydrogen-bond donors (Lipinski definition) is 0. The summed E-state index contributed by atoms with van der Waals surface area (Å²) in [5.41, 5.74) is 1.48. The summed E-state index contributed by atoms with van der Waals surface area (Å²) in [5, 5.41) is 21.3. The van der Waals surface area contributed by atoms with Crippen molar-refractivity contribution in [1.29, 1.82) is 0 Å². The van der Waals surface area contributed by atoms with Crippen molar-refractivity contribution in [2.45, 2.75) is 37.9 Å². The molecule has 0 N–H and O–H groups in total. The third kappa shape index (κ3) is 4.44. The van der Waals surface area contributed by atoms with E-state index in [-0.39, 0.29) is 22.2 Å². The zero-order chi connectivity index (χ0) is 25.2. The lowest BCUT2D eigenvalue weighted by molar-refractivity contribution is -0.384. The Balaban J connectivity index is 1.47. The molecule has 36 heavy (non-hydrogen) atoms. The number of thioether (sulfide) groups is 1. The van der Waals surface area contributed by atoms with Gasteiger partial charge in [0.25, 0.3) is 5.69 Å². The number of non-ortho nitro benzene ring substituents is 1. The molecule has 0 bridgehead atoms. The average Bonchev–Trinajstić information content (AvgIpc) is 3.19. The number of benzene rings is 2. The first-order chi connectivity index (χ1) is 17.5. The first-order valence-electron chi connectivity index (χ1n) is 11.5. The fourth-order valence-corrected chi connectivity index (χ4v) is 4.78. The zero-order valence-electron chi connectivity index (χ0n) is 19.3. The second kappa shape index (κ2) is 9.86. The molecule has 0 saturated carbocycles. The van der Waals surface area contributed by atoms with Crippen LogP contribution >= 0.6 is 11.8 Å². The van der Waals surface area contributed by atoms with Crippen LogP contribution in [0.15, 0.2) is 62.9 Å². The van der Waals surface area contributed by atoms with Gasteiger partial charge in [0, 0.05) is 29.4 Å². The molecular formula is C25H21N5O5S. The lowest BCUT2D eigenvalue weighted by Crippen LogP contribution is -2.15. The highest BCUT2D eigenvalue weighted by atomic mass is 32.2. The first-order valence-corrected chi connectivity index (χ1v) is 12.4. The minimum absolute atomic E-state index is 0.0313. The molecule has 182 valence electrons. The number of unbranched alkanes of at least 4 members (excludes halogenated alkanes) is 2. The molecule has 5 rings (SSSR count). The van der Waals surface area contributed by atoms with Crippen LogP contribution in [-0.2, 0) is 6.54 Å². The van der Waals surface area contributed by atoms with Gasteiger partial charge in [-0.15, -0.1) is 10.2 Å². The Morgan fingerprint density at radius 3 is 2.78 bits per heavy atom. The number of nitro benzene ring substituents is 1. The maximum atomic E-state index is 12.8. The van der Waals surface area contributed by atoms with E-state index < -0.39 is 16.3 Å². The van der Waals surface area contributed by atoms with Gasteiger partial charge in [0.1, 0.15) is 16.7 Å². The van der Waals surface area contributed by atoms with Crippen LogP contribution in [0.3, 0.4) is 0 Å². The second-order valence-electron chi connectivity index (χ2n) is 8.28. The van der Waals surface area contributed by atoms with Crippen molar-refractivity contribution >= 4 is 56.3 Å². The van der Waals surface area contributed by atoms with Crippen molar-refractivity contribution in [3.63, 3.8) is 0 Å². The number of para-hydroxylation sites is 1. The topological polar surface area (TPSA) is 134 Å². The molecule has 3 heterocycles. The number of Topliss-reactive ketones (excluding diaryl/α,β-unsaturated/α-hetero) is 1. The minimum Gasteiger partial charge on any atom is -0.422 e. The molecule has 0 radical (unpaired) electrons. The molecule has 10 nitrogen and oxygen atoms in total. The third-order valence-corrected chi connectivity index (χ3v) is 6.74. The van der Waals surface area contributed by atoms with Crippen molar-refractivity contribution in [3.8, 4) is 0 Å². The summed E-state index contributed by atoms with van der Waals surface area (Å²) < 4.78 is 7.25. The Kier molecular flexibility index (Phi) is 6.47. The van der Waals surface area contributed by atoms with Crippen molar-refractivity contribution < 1.29 is 14.1 Å². The lowest BCUT2D eigenvalue weighted by Gasteiger charge is -2.06. The minimum atomic E-state index is -0.688. The molecule has 0 amide bonds. The number of aromatic nitrogens is 4. The number of rotatable bonds is 9. The van der Waals surface area contributed by atoms with Crippen molar-refractivity contribution in [3.05, 3.63) is 74.6 Å². The number of hydrogen-bond acceptors (Lipinski definition) is 9. The Morgan fingerprint density at radius 1 is 1.14 bits per heavy atom. The van der Waals surface area contributed by atoms with Crippen LogP contribution in [0.2, 0.25) is 0 Å². The van der Waals surface area contributed by atoms with Gasteiger partial charge in [-0.05, 0) is 24.6 Å². The van der Waals surface area contributed by atoms with E-state index >= 15 is 0 Å². The summed E-state index contributed by atoms with van der Waals surface area (Å²) in [6.45, 7) is 2.78. The largest absolute Gasteiger partial charge is 0.422 e. The number of ketones is 1. The molecule has 3 aromatic heterocycles. The maximum absolute atomic E-state index is 12.8. The molecule has 2 aromatic carbocycles. The number of carbonyl (C=O) groups is 1. The van der Waals surface area contributed by atoms with E-state index in [0.717, 1.165) is 36.5 Å². The summed E-state index contributed by atoms with van der Waals surface area (Å²) in [5.74, 6) is -0.472. The van der Waals surface area contributed by atoms with Crippen LogP contribution in [0.4, 0.5) is 5.69 Å². The average molecular weight is 504 g/mol. The highest BCUT2D eigenvalue weighted by Gasteiger charge is 2.19. The molecule has 0 spiro atoms. The normalized spacial score (nSPS) is 11.5. The molecule has 0 saturated heterocycles. The molecule has 0 aliphatic carbocycles. The molecule has 0 unspecified atom stereocenters. The molecule has 0 aliphatic rings. The highest BCUT2D eigenvalue weighted by Crippen LogP contribution is 2.31. The number of carbonyl (C=O) groups excluding carboxylic acids is 1. The van der Waals surface area contributed by atoms with Crippen LogP contribution in [0.25, 0.3) is 33.0 Å². The van der Waals surface area contributed by atoms with E-state index in [1.807, 2.05) is 4.57 Å². The SMILES string of the molecule is CCCCCn1c2ccc([N+](=O)[O-])cc2c2nnc(SCC(=O)c3cc4ccccc4oc3=O)nc21. The van der Waals surface area contributed by atoms with Gasteiger partial charge < -0.3 is 8.98 Å². The van der Waals surface area contributed by atoms with E-state index in [1.54, 1.807) is 30.3 Å². The van der Waals surface area contributed by atoms with Crippen molar-refractivity contribution in [2.75, 3.05) is 5.75 Å². The van der Waals surface area contributed by atoms with Gasteiger partial charge in [0.2, 0.25) is 5.16 Å². The summed E-state index contributed by atoms with van der Waals surface area (Å²) in [6, 6.07) is 13.2. The smallest absolute Gasteiger partial charge is 0.347 e. The van der Waals surface area contributed by atoms with Crippen molar-refractivity contribution in [1.82, 2.24) is 19.7 Å². The predicted molar refractivity (Wildman–Crippen MR) is 137 cm³/mol. The second-order valence-corrected chi connectivity index (χ2v) is 9.22. The monoisotopic (exact) mass is 503 g/mol.